The molecular weight excluding hydrogens is 356 g/mol. The summed E-state index contributed by atoms with van der Waals surface area (Å²) < 4.78 is 24.4. The molecule has 8 nitrogen and oxygen atoms in total. The summed E-state index contributed by atoms with van der Waals surface area (Å²) in [5.74, 6) is 1.96. The second-order valence-electron chi connectivity index (χ2n) is 6.78. The van der Waals surface area contributed by atoms with Crippen molar-refractivity contribution < 1.29 is 18.5 Å². The molecule has 2 atom stereocenters. The molecule has 140 valence electrons. The van der Waals surface area contributed by atoms with Crippen molar-refractivity contribution in [1.82, 2.24) is 14.7 Å². The van der Waals surface area contributed by atoms with Gasteiger partial charge in [0.2, 0.25) is 5.91 Å². The van der Waals surface area contributed by atoms with E-state index in [-0.39, 0.29) is 18.9 Å². The van der Waals surface area contributed by atoms with Crippen molar-refractivity contribution in [2.24, 2.45) is 9.78 Å². The van der Waals surface area contributed by atoms with Crippen LogP contribution in [0.25, 0.3) is 0 Å². The fourth-order valence-corrected chi connectivity index (χ4v) is 4.76. The predicted molar refractivity (Wildman–Crippen MR) is 94.4 cm³/mol. The number of hydrogen-bond acceptors (Lipinski definition) is 5. The monoisotopic (exact) mass is 378 g/mol. The minimum absolute atomic E-state index is 0.0601. The Morgan fingerprint density at radius 2 is 2.27 bits per heavy atom. The first-order valence-corrected chi connectivity index (χ1v) is 10.3. The number of rotatable bonds is 3. The average Bonchev–Trinajstić information content (AvgIpc) is 3.21. The Balaban J connectivity index is 1.97. The lowest BCUT2D eigenvalue weighted by atomic mass is 9.83. The molecule has 0 N–H and O–H groups in total. The highest BCUT2D eigenvalue weighted by atomic mass is 32.2. The Labute approximate surface area is 153 Å². The van der Waals surface area contributed by atoms with Crippen LogP contribution in [0.3, 0.4) is 0 Å². The normalized spacial score (nSPS) is 24.4. The fourth-order valence-electron chi connectivity index (χ4n) is 3.30. The second kappa shape index (κ2) is 6.85. The zero-order chi connectivity index (χ0) is 18.9. The maximum absolute atomic E-state index is 13.3. The fraction of sp³-hybridized carbons (Fsp3) is 0.588. The molecule has 0 radical (unpaired) electrons. The first-order valence-electron chi connectivity index (χ1n) is 8.37. The van der Waals surface area contributed by atoms with Crippen molar-refractivity contribution in [3.63, 3.8) is 0 Å². The first kappa shape index (κ1) is 18.6. The molecule has 2 aliphatic rings. The third-order valence-corrected chi connectivity index (χ3v) is 6.61. The molecule has 3 heterocycles. The largest absolute Gasteiger partial charge is 0.380 e. The van der Waals surface area contributed by atoms with E-state index in [1.54, 1.807) is 9.58 Å². The zero-order valence-electron chi connectivity index (χ0n) is 14.9. The summed E-state index contributed by atoms with van der Waals surface area (Å²) in [4.78, 5) is 26.5. The third-order valence-electron chi connectivity index (χ3n) is 4.94. The number of nitrogens with zero attached hydrogens (tertiary/aromatic N) is 4. The topological polar surface area (TPSA) is 93.9 Å². The number of hydrogen-bond donors (Lipinski definition) is 0. The number of terminal acetylenes is 1. The van der Waals surface area contributed by atoms with Crippen molar-refractivity contribution in [2.75, 3.05) is 26.0 Å². The van der Waals surface area contributed by atoms with Crippen LogP contribution in [-0.4, -0.2) is 56.7 Å². The molecule has 2 unspecified atom stereocenters. The van der Waals surface area contributed by atoms with Gasteiger partial charge in [0.05, 0.1) is 51.6 Å². The summed E-state index contributed by atoms with van der Waals surface area (Å²) >= 11 is 0. The number of ether oxygens (including phenoxy) is 1. The molecule has 2 aliphatic heterocycles. The van der Waals surface area contributed by atoms with Crippen LogP contribution in [0.2, 0.25) is 0 Å². The van der Waals surface area contributed by atoms with E-state index in [0.29, 0.717) is 43.3 Å². The highest BCUT2D eigenvalue weighted by Gasteiger charge is 2.42. The van der Waals surface area contributed by atoms with Crippen LogP contribution in [0.1, 0.15) is 25.5 Å². The standard InChI is InChI=1S/C17H22N4O4S/c1-4-5-17(6-9-25-12-17)16(23)19-26(3,24)15-10-18-21-8-7-20(13(2)22)11-14(15)21/h1,10H,5-9,11-12H2,2-3H3. The molecule has 1 aromatic rings. The number of aromatic nitrogens is 2. The summed E-state index contributed by atoms with van der Waals surface area (Å²) in [7, 11) is -3.02. The highest BCUT2D eigenvalue weighted by molar-refractivity contribution is 7.93. The van der Waals surface area contributed by atoms with Crippen molar-refractivity contribution in [3.8, 4) is 12.3 Å². The summed E-state index contributed by atoms with van der Waals surface area (Å²) in [6, 6.07) is 0. The summed E-state index contributed by atoms with van der Waals surface area (Å²) in [6.07, 6.45) is 8.99. The zero-order valence-corrected chi connectivity index (χ0v) is 15.8. The van der Waals surface area contributed by atoms with E-state index in [9.17, 15) is 13.8 Å². The van der Waals surface area contributed by atoms with Crippen molar-refractivity contribution in [1.29, 1.82) is 0 Å². The van der Waals surface area contributed by atoms with Crippen molar-refractivity contribution in [2.45, 2.75) is 37.8 Å². The lowest BCUT2D eigenvalue weighted by Crippen LogP contribution is -2.37. The van der Waals surface area contributed by atoms with E-state index in [2.05, 4.69) is 15.4 Å². The lowest BCUT2D eigenvalue weighted by Gasteiger charge is -2.27. The molecule has 1 aromatic heterocycles. The molecule has 1 fully saturated rings. The molecule has 0 spiro atoms. The van der Waals surface area contributed by atoms with Gasteiger partial charge in [-0.25, -0.2) is 4.21 Å². The van der Waals surface area contributed by atoms with Gasteiger partial charge >= 0.3 is 0 Å². The Kier molecular flexibility index (Phi) is 4.90. The van der Waals surface area contributed by atoms with Crippen molar-refractivity contribution >= 4 is 21.5 Å². The lowest BCUT2D eigenvalue weighted by molar-refractivity contribution is -0.130. The molecule has 0 saturated carbocycles. The third kappa shape index (κ3) is 3.27. The Morgan fingerprint density at radius 3 is 2.88 bits per heavy atom. The maximum atomic E-state index is 13.3. The SMILES string of the molecule is C#CCC1(C(=O)N=S(C)(=O)c2cnn3c2CN(C(C)=O)CC3)CCOC1. The van der Waals surface area contributed by atoms with Crippen LogP contribution in [0.4, 0.5) is 0 Å². The molecule has 2 amide bonds. The van der Waals surface area contributed by atoms with Gasteiger partial charge in [0.25, 0.3) is 5.91 Å². The Bertz CT molecular complexity index is 898. The van der Waals surface area contributed by atoms with E-state index >= 15 is 0 Å². The van der Waals surface area contributed by atoms with Gasteiger partial charge in [0.1, 0.15) is 0 Å². The molecule has 1 saturated heterocycles. The highest BCUT2D eigenvalue weighted by Crippen LogP contribution is 2.34. The Hall–Kier alpha value is -2.18. The second-order valence-corrected chi connectivity index (χ2v) is 9.01. The minimum Gasteiger partial charge on any atom is -0.380 e. The molecule has 0 aliphatic carbocycles. The summed E-state index contributed by atoms with van der Waals surface area (Å²) in [5.41, 5.74) is -0.240. The first-order chi connectivity index (χ1) is 12.3. The van der Waals surface area contributed by atoms with Crippen LogP contribution < -0.4 is 0 Å². The van der Waals surface area contributed by atoms with Crippen molar-refractivity contribution in [3.05, 3.63) is 11.9 Å². The molecule has 0 aromatic carbocycles. The predicted octanol–water partition coefficient (Wildman–Crippen LogP) is 0.658. The van der Waals surface area contributed by atoms with E-state index in [4.69, 9.17) is 11.2 Å². The van der Waals surface area contributed by atoms with Gasteiger partial charge in [0, 0.05) is 32.8 Å². The van der Waals surface area contributed by atoms with Crippen LogP contribution in [0.5, 0.6) is 0 Å². The smallest absolute Gasteiger partial charge is 0.263 e. The van der Waals surface area contributed by atoms with E-state index in [1.165, 1.54) is 19.4 Å². The molecule has 9 heteroatoms. The van der Waals surface area contributed by atoms with Crippen LogP contribution in [0, 0.1) is 17.8 Å². The minimum atomic E-state index is -3.02. The number of fused-ring (bicyclic) bond motifs is 1. The van der Waals surface area contributed by atoms with Crippen LogP contribution in [-0.2, 0) is 37.1 Å². The molecule has 26 heavy (non-hydrogen) atoms. The van der Waals surface area contributed by atoms with Gasteiger partial charge in [-0.3, -0.25) is 14.3 Å². The molecule has 3 rings (SSSR count). The summed E-state index contributed by atoms with van der Waals surface area (Å²) in [5, 5.41) is 4.25. The van der Waals surface area contributed by atoms with E-state index in [1.807, 2.05) is 0 Å². The van der Waals surface area contributed by atoms with E-state index < -0.39 is 21.1 Å². The average molecular weight is 378 g/mol. The van der Waals surface area contributed by atoms with Gasteiger partial charge in [-0.2, -0.15) is 9.46 Å². The molecule has 0 bridgehead atoms. The Morgan fingerprint density at radius 1 is 1.50 bits per heavy atom. The van der Waals surface area contributed by atoms with Gasteiger partial charge in [-0.05, 0) is 6.42 Å². The quantitative estimate of drug-likeness (QED) is 0.720. The number of carbonyl (C=O) groups excluding carboxylic acids is 2. The maximum Gasteiger partial charge on any atom is 0.263 e. The van der Waals surface area contributed by atoms with E-state index in [0.717, 1.165) is 0 Å². The van der Waals surface area contributed by atoms with Crippen LogP contribution >= 0.6 is 0 Å². The van der Waals surface area contributed by atoms with Gasteiger partial charge in [-0.1, -0.05) is 0 Å². The van der Waals surface area contributed by atoms with Crippen LogP contribution in [0.15, 0.2) is 15.5 Å². The van der Waals surface area contributed by atoms with Gasteiger partial charge in [0.15, 0.2) is 0 Å². The number of carbonyl (C=O) groups is 2. The summed E-state index contributed by atoms with van der Waals surface area (Å²) in [6.45, 7) is 3.49. The van der Waals surface area contributed by atoms with Gasteiger partial charge < -0.3 is 9.64 Å². The molecular formula is C17H22N4O4S. The van der Waals surface area contributed by atoms with Gasteiger partial charge in [-0.15, -0.1) is 12.3 Å². The number of amides is 2.